The molecule has 1 saturated heterocycles. The van der Waals surface area contributed by atoms with Gasteiger partial charge in [-0.1, -0.05) is 57.4 Å². The van der Waals surface area contributed by atoms with Crippen LogP contribution in [0.25, 0.3) is 0 Å². The Balaban J connectivity index is 0.000000775. The van der Waals surface area contributed by atoms with E-state index in [9.17, 15) is 9.18 Å². The number of likely N-dealkylation sites (N-methyl/N-ethyl adjacent to an activating group) is 1. The Hall–Kier alpha value is -2.24. The van der Waals surface area contributed by atoms with Crippen LogP contribution < -0.4 is 5.32 Å². The van der Waals surface area contributed by atoms with Crippen LogP contribution in [-0.4, -0.2) is 62.0 Å². The summed E-state index contributed by atoms with van der Waals surface area (Å²) < 4.78 is 11.9. The Morgan fingerprint density at radius 3 is 2.13 bits per heavy atom. The van der Waals surface area contributed by atoms with E-state index in [0.29, 0.717) is 13.0 Å². The van der Waals surface area contributed by atoms with Gasteiger partial charge in [0.05, 0.1) is 0 Å². The first kappa shape index (κ1) is 27.8. The highest BCUT2D eigenvalue weighted by Gasteiger charge is 2.14. The maximum Gasteiger partial charge on any atom is 0.221 e. The molecule has 0 spiro atoms. The number of allylic oxidation sites excluding steroid dienone is 3. The van der Waals surface area contributed by atoms with Gasteiger partial charge in [0.2, 0.25) is 5.91 Å². The highest BCUT2D eigenvalue weighted by Crippen LogP contribution is 2.09. The van der Waals surface area contributed by atoms with Gasteiger partial charge in [0.15, 0.2) is 0 Å². The zero-order valence-electron chi connectivity index (χ0n) is 19.3. The van der Waals surface area contributed by atoms with E-state index in [0.717, 1.165) is 50.3 Å². The summed E-state index contributed by atoms with van der Waals surface area (Å²) in [7, 11) is 2.14. The predicted octanol–water partition coefficient (Wildman–Crippen LogP) is 4.67. The fraction of sp³-hybridized carbons (Fsp3) is 0.480. The summed E-state index contributed by atoms with van der Waals surface area (Å²) in [6.45, 7) is 19.4. The number of carbonyl (C=O) groups excluding carboxylic acids is 1. The van der Waals surface area contributed by atoms with Crippen LogP contribution in [0.15, 0.2) is 66.8 Å². The first-order valence-corrected chi connectivity index (χ1v) is 10.8. The lowest BCUT2D eigenvalue weighted by Crippen LogP contribution is -2.45. The first-order valence-electron chi connectivity index (χ1n) is 10.8. The molecule has 0 aliphatic carbocycles. The maximum absolute atomic E-state index is 11.9. The Labute approximate surface area is 183 Å². The van der Waals surface area contributed by atoms with Gasteiger partial charge in [-0.15, -0.1) is 0 Å². The summed E-state index contributed by atoms with van der Waals surface area (Å²) in [5, 5.41) is 2.98. The number of halogens is 1. The van der Waals surface area contributed by atoms with Crippen molar-refractivity contribution in [2.75, 3.05) is 46.3 Å². The topological polar surface area (TPSA) is 35.6 Å². The third-order valence-corrected chi connectivity index (χ3v) is 4.76. The molecule has 30 heavy (non-hydrogen) atoms. The summed E-state index contributed by atoms with van der Waals surface area (Å²) >= 11 is 0. The summed E-state index contributed by atoms with van der Waals surface area (Å²) in [6.07, 6.45) is 5.05. The largest absolute Gasteiger partial charge is 0.356 e. The summed E-state index contributed by atoms with van der Waals surface area (Å²) in [6, 6.07) is 7.94. The van der Waals surface area contributed by atoms with E-state index >= 15 is 0 Å². The highest BCUT2D eigenvalue weighted by atomic mass is 19.1. The molecule has 1 heterocycles. The molecule has 0 bridgehead atoms. The summed E-state index contributed by atoms with van der Waals surface area (Å²) in [4.78, 5) is 16.5. The molecular weight excluding hydrogens is 377 g/mol. The van der Waals surface area contributed by atoms with Gasteiger partial charge in [0.25, 0.3) is 0 Å². The van der Waals surface area contributed by atoms with Crippen molar-refractivity contribution in [2.24, 2.45) is 0 Å². The van der Waals surface area contributed by atoms with Crippen molar-refractivity contribution in [3.05, 3.63) is 72.6 Å². The third-order valence-electron chi connectivity index (χ3n) is 4.76. The van der Waals surface area contributed by atoms with Gasteiger partial charge in [-0.3, -0.25) is 4.79 Å². The number of carbonyl (C=O) groups is 1. The van der Waals surface area contributed by atoms with Gasteiger partial charge >= 0.3 is 0 Å². The quantitative estimate of drug-likeness (QED) is 0.624. The van der Waals surface area contributed by atoms with E-state index in [1.165, 1.54) is 12.1 Å². The summed E-state index contributed by atoms with van der Waals surface area (Å²) in [5.74, 6) is -0.0453. The number of piperazine rings is 1. The van der Waals surface area contributed by atoms with E-state index in [-0.39, 0.29) is 11.7 Å². The van der Waals surface area contributed by atoms with Crippen LogP contribution in [0.4, 0.5) is 4.39 Å². The molecule has 1 aliphatic rings. The van der Waals surface area contributed by atoms with E-state index in [1.807, 2.05) is 32.9 Å². The number of benzene rings is 1. The molecule has 1 amide bonds. The maximum atomic E-state index is 11.9. The molecule has 0 saturated carbocycles. The Morgan fingerprint density at radius 2 is 1.67 bits per heavy atom. The van der Waals surface area contributed by atoms with Gasteiger partial charge in [0, 0.05) is 45.7 Å². The lowest BCUT2D eigenvalue weighted by molar-refractivity contribution is -0.121. The molecule has 1 aromatic carbocycles. The molecule has 1 fully saturated rings. The lowest BCUT2D eigenvalue weighted by atomic mass is 10.1. The third kappa shape index (κ3) is 13.1. The van der Waals surface area contributed by atoms with Gasteiger partial charge in [-0.05, 0) is 43.7 Å². The highest BCUT2D eigenvalue weighted by molar-refractivity contribution is 5.76. The number of rotatable bonds is 8. The van der Waals surface area contributed by atoms with E-state index in [2.05, 4.69) is 35.3 Å². The van der Waals surface area contributed by atoms with Crippen LogP contribution in [0, 0.1) is 5.82 Å². The van der Waals surface area contributed by atoms with Crippen LogP contribution >= 0.6 is 0 Å². The number of nitrogens with zero attached hydrogens (tertiary/aromatic N) is 2. The van der Waals surface area contributed by atoms with Gasteiger partial charge in [-0.2, -0.15) is 0 Å². The van der Waals surface area contributed by atoms with Crippen molar-refractivity contribution < 1.29 is 9.18 Å². The zero-order valence-corrected chi connectivity index (χ0v) is 19.3. The smallest absolute Gasteiger partial charge is 0.221 e. The SMILES string of the molecule is C=C/C(C)=C(\C=C)CCNC(=O)CCN1CCN(C)CC1.CC.Fc1ccccc1. The molecule has 4 nitrogen and oxygen atoms in total. The molecule has 0 aromatic heterocycles. The van der Waals surface area contributed by atoms with E-state index < -0.39 is 0 Å². The number of nitrogens with one attached hydrogen (secondary N) is 1. The molecule has 168 valence electrons. The molecule has 1 aliphatic heterocycles. The second-order valence-corrected chi connectivity index (χ2v) is 6.91. The first-order chi connectivity index (χ1) is 14.5. The minimum atomic E-state index is -0.178. The lowest BCUT2D eigenvalue weighted by Gasteiger charge is -2.32. The van der Waals surface area contributed by atoms with Crippen LogP contribution in [-0.2, 0) is 4.79 Å². The Bertz CT molecular complexity index is 635. The molecule has 1 aromatic rings. The molecular formula is C25H40FN3O. The number of amides is 1. The average molecular weight is 418 g/mol. The Kier molecular flexibility index (Phi) is 16.3. The van der Waals surface area contributed by atoms with Crippen molar-refractivity contribution in [2.45, 2.75) is 33.6 Å². The van der Waals surface area contributed by atoms with Crippen LogP contribution in [0.3, 0.4) is 0 Å². The number of hydrogen-bond acceptors (Lipinski definition) is 3. The Morgan fingerprint density at radius 1 is 1.07 bits per heavy atom. The fourth-order valence-electron chi connectivity index (χ4n) is 2.76. The van der Waals surface area contributed by atoms with Crippen molar-refractivity contribution >= 4 is 5.91 Å². The molecule has 1 N–H and O–H groups in total. The molecule has 0 radical (unpaired) electrons. The second kappa shape index (κ2) is 17.6. The normalized spacial score (nSPS) is 14.8. The van der Waals surface area contributed by atoms with Crippen LogP contribution in [0.1, 0.15) is 33.6 Å². The van der Waals surface area contributed by atoms with Crippen molar-refractivity contribution in [1.82, 2.24) is 15.1 Å². The van der Waals surface area contributed by atoms with E-state index in [4.69, 9.17) is 0 Å². The van der Waals surface area contributed by atoms with E-state index in [1.54, 1.807) is 18.2 Å². The minimum Gasteiger partial charge on any atom is -0.356 e. The zero-order chi connectivity index (χ0) is 22.8. The van der Waals surface area contributed by atoms with Crippen LogP contribution in [0.5, 0.6) is 0 Å². The van der Waals surface area contributed by atoms with Crippen molar-refractivity contribution in [3.8, 4) is 0 Å². The van der Waals surface area contributed by atoms with Gasteiger partial charge in [0.1, 0.15) is 5.82 Å². The van der Waals surface area contributed by atoms with Gasteiger partial charge in [-0.25, -0.2) is 4.39 Å². The predicted molar refractivity (Wildman–Crippen MR) is 127 cm³/mol. The monoisotopic (exact) mass is 417 g/mol. The summed E-state index contributed by atoms with van der Waals surface area (Å²) in [5.41, 5.74) is 2.26. The average Bonchev–Trinajstić information content (AvgIpc) is 2.78. The van der Waals surface area contributed by atoms with Crippen LogP contribution in [0.2, 0.25) is 0 Å². The van der Waals surface area contributed by atoms with Gasteiger partial charge < -0.3 is 15.1 Å². The second-order valence-electron chi connectivity index (χ2n) is 6.91. The van der Waals surface area contributed by atoms with Crippen molar-refractivity contribution in [3.63, 3.8) is 0 Å². The standard InChI is InChI=1S/C17H29N3O.C6H5F.C2H6/c1-5-15(3)16(6-2)7-9-18-17(21)8-10-20-13-11-19(4)12-14-20;7-6-4-2-1-3-5-6;1-2/h5-6H,1-2,7-14H2,3-4H3,(H,18,21);1-5H;1-2H3/b16-15+;;. The van der Waals surface area contributed by atoms with Crippen molar-refractivity contribution in [1.29, 1.82) is 0 Å². The number of hydrogen-bond donors (Lipinski definition) is 1. The molecule has 0 unspecified atom stereocenters. The molecule has 0 atom stereocenters. The molecule has 2 rings (SSSR count). The molecule has 5 heteroatoms. The minimum absolute atomic E-state index is 0.133. The fourth-order valence-corrected chi connectivity index (χ4v) is 2.76.